The summed E-state index contributed by atoms with van der Waals surface area (Å²) in [6.45, 7) is 4.16. The highest BCUT2D eigenvalue weighted by Crippen LogP contribution is 2.38. The van der Waals surface area contributed by atoms with Gasteiger partial charge in [0.1, 0.15) is 0 Å². The van der Waals surface area contributed by atoms with Gasteiger partial charge in [0.2, 0.25) is 10.0 Å². The van der Waals surface area contributed by atoms with E-state index in [0.29, 0.717) is 18.8 Å². The molecule has 0 spiro atoms. The highest BCUT2D eigenvalue weighted by molar-refractivity contribution is 7.90. The molecule has 1 aromatic heterocycles. The van der Waals surface area contributed by atoms with E-state index in [2.05, 4.69) is 10.1 Å². The summed E-state index contributed by atoms with van der Waals surface area (Å²) in [4.78, 5) is 4.19. The first-order chi connectivity index (χ1) is 9.33. The van der Waals surface area contributed by atoms with E-state index in [1.165, 1.54) is 4.31 Å². The second-order valence-electron chi connectivity index (χ2n) is 5.97. The lowest BCUT2D eigenvalue weighted by atomic mass is 10.0. The second kappa shape index (κ2) is 4.51. The molecule has 112 valence electrons. The van der Waals surface area contributed by atoms with Gasteiger partial charge in [0.05, 0.1) is 11.8 Å². The Morgan fingerprint density at radius 1 is 1.45 bits per heavy atom. The van der Waals surface area contributed by atoms with Gasteiger partial charge < -0.3 is 9.63 Å². The predicted molar refractivity (Wildman–Crippen MR) is 70.4 cm³/mol. The molecule has 2 aliphatic rings. The predicted octanol–water partition coefficient (Wildman–Crippen LogP) is 0.579. The van der Waals surface area contributed by atoms with Gasteiger partial charge in [-0.25, -0.2) is 8.42 Å². The minimum Gasteiger partial charge on any atom is -0.379 e. The van der Waals surface area contributed by atoms with Crippen molar-refractivity contribution in [3.05, 3.63) is 11.7 Å². The van der Waals surface area contributed by atoms with Crippen LogP contribution in [0.15, 0.2) is 4.52 Å². The minimum absolute atomic E-state index is 0.00552. The standard InChI is InChI=1S/C12H19N3O4S/c1-8(2)10-13-11(19-14-10)12(16)5-6-15(7-12)20(17,18)9-3-4-9/h8-9,16H,3-7H2,1-2H3/t12-/m1/s1. The van der Waals surface area contributed by atoms with E-state index in [4.69, 9.17) is 4.52 Å². The molecule has 1 saturated heterocycles. The molecule has 1 aliphatic heterocycles. The van der Waals surface area contributed by atoms with Gasteiger partial charge in [-0.1, -0.05) is 19.0 Å². The molecule has 20 heavy (non-hydrogen) atoms. The first kappa shape index (κ1) is 14.0. The van der Waals surface area contributed by atoms with Gasteiger partial charge in [-0.3, -0.25) is 0 Å². The molecule has 3 rings (SSSR count). The smallest absolute Gasteiger partial charge is 0.260 e. The van der Waals surface area contributed by atoms with Crippen molar-refractivity contribution in [1.82, 2.24) is 14.4 Å². The van der Waals surface area contributed by atoms with Crippen LogP contribution in [-0.4, -0.2) is 46.3 Å². The Hall–Kier alpha value is -0.990. The van der Waals surface area contributed by atoms with E-state index in [9.17, 15) is 13.5 Å². The number of sulfonamides is 1. The number of hydrogen-bond acceptors (Lipinski definition) is 6. The summed E-state index contributed by atoms with van der Waals surface area (Å²) in [6, 6.07) is 0. The molecule has 7 nitrogen and oxygen atoms in total. The first-order valence-corrected chi connectivity index (χ1v) is 8.39. The number of aliphatic hydroxyl groups is 1. The van der Waals surface area contributed by atoms with Crippen LogP contribution in [-0.2, 0) is 15.6 Å². The van der Waals surface area contributed by atoms with Gasteiger partial charge in [-0.15, -0.1) is 0 Å². The van der Waals surface area contributed by atoms with Gasteiger partial charge in [0, 0.05) is 18.9 Å². The molecular formula is C12H19N3O4S. The first-order valence-electron chi connectivity index (χ1n) is 6.88. The molecule has 0 radical (unpaired) electrons. The molecule has 1 aromatic rings. The summed E-state index contributed by atoms with van der Waals surface area (Å²) >= 11 is 0. The van der Waals surface area contributed by atoms with Gasteiger partial charge >= 0.3 is 0 Å². The number of nitrogens with zero attached hydrogens (tertiary/aromatic N) is 3. The van der Waals surface area contributed by atoms with E-state index in [0.717, 1.165) is 12.8 Å². The lowest BCUT2D eigenvalue weighted by molar-refractivity contribution is 0.0194. The fraction of sp³-hybridized carbons (Fsp3) is 0.833. The number of aromatic nitrogens is 2. The Labute approximate surface area is 118 Å². The third kappa shape index (κ3) is 2.25. The number of β-amino-alcohol motifs (C(OH)–C–C–N with tert-alkyl or cyclic N) is 1. The second-order valence-corrected chi connectivity index (χ2v) is 8.18. The van der Waals surface area contributed by atoms with Gasteiger partial charge in [0.25, 0.3) is 5.89 Å². The SMILES string of the molecule is CC(C)c1noc([C@@]2(O)CCN(S(=O)(=O)C3CC3)C2)n1. The van der Waals surface area contributed by atoms with E-state index in [1.807, 2.05) is 13.8 Å². The summed E-state index contributed by atoms with van der Waals surface area (Å²) < 4.78 is 30.8. The van der Waals surface area contributed by atoms with E-state index < -0.39 is 15.6 Å². The number of rotatable bonds is 4. The van der Waals surface area contributed by atoms with E-state index in [1.54, 1.807) is 0 Å². The third-order valence-electron chi connectivity index (χ3n) is 3.87. The van der Waals surface area contributed by atoms with Crippen LogP contribution in [0, 0.1) is 0 Å². The van der Waals surface area contributed by atoms with Crippen molar-refractivity contribution in [3.63, 3.8) is 0 Å². The molecule has 0 amide bonds. The summed E-state index contributed by atoms with van der Waals surface area (Å²) in [5.74, 6) is 0.746. The maximum atomic E-state index is 12.2. The zero-order valence-electron chi connectivity index (χ0n) is 11.6. The van der Waals surface area contributed by atoms with Crippen molar-refractivity contribution >= 4 is 10.0 Å². The van der Waals surface area contributed by atoms with E-state index >= 15 is 0 Å². The lowest BCUT2D eigenvalue weighted by Crippen LogP contribution is -2.36. The highest BCUT2D eigenvalue weighted by atomic mass is 32.2. The van der Waals surface area contributed by atoms with Gasteiger partial charge in [-0.05, 0) is 12.8 Å². The summed E-state index contributed by atoms with van der Waals surface area (Å²) in [5, 5.41) is 14.2. The molecule has 2 fully saturated rings. The number of hydrogen-bond donors (Lipinski definition) is 1. The van der Waals surface area contributed by atoms with E-state index in [-0.39, 0.29) is 23.6 Å². The van der Waals surface area contributed by atoms with Gasteiger partial charge in [0.15, 0.2) is 11.4 Å². The lowest BCUT2D eigenvalue weighted by Gasteiger charge is -2.19. The highest BCUT2D eigenvalue weighted by Gasteiger charge is 2.50. The van der Waals surface area contributed by atoms with Crippen LogP contribution >= 0.6 is 0 Å². The topological polar surface area (TPSA) is 96.5 Å². The third-order valence-corrected chi connectivity index (χ3v) is 6.22. The fourth-order valence-electron chi connectivity index (χ4n) is 2.39. The van der Waals surface area contributed by atoms with Crippen LogP contribution < -0.4 is 0 Å². The average Bonchev–Trinajstić information content (AvgIpc) is 2.97. The molecule has 1 aliphatic carbocycles. The molecule has 8 heteroatoms. The van der Waals surface area contributed by atoms with Crippen molar-refractivity contribution in [3.8, 4) is 0 Å². The van der Waals surface area contributed by atoms with Crippen LogP contribution in [0.3, 0.4) is 0 Å². The Bertz CT molecular complexity index is 608. The van der Waals surface area contributed by atoms with Crippen molar-refractivity contribution in [2.75, 3.05) is 13.1 Å². The van der Waals surface area contributed by atoms with Crippen LogP contribution in [0.5, 0.6) is 0 Å². The van der Waals surface area contributed by atoms with Crippen LogP contribution in [0.4, 0.5) is 0 Å². The zero-order chi connectivity index (χ0) is 14.5. The molecule has 1 N–H and O–H groups in total. The maximum Gasteiger partial charge on any atom is 0.260 e. The zero-order valence-corrected chi connectivity index (χ0v) is 12.4. The van der Waals surface area contributed by atoms with Crippen molar-refractivity contribution in [1.29, 1.82) is 0 Å². The monoisotopic (exact) mass is 301 g/mol. The van der Waals surface area contributed by atoms with Crippen LogP contribution in [0.25, 0.3) is 0 Å². The summed E-state index contributed by atoms with van der Waals surface area (Å²) in [5.41, 5.74) is -1.36. The molecule has 0 unspecified atom stereocenters. The molecule has 0 aromatic carbocycles. The Balaban J connectivity index is 1.80. The largest absolute Gasteiger partial charge is 0.379 e. The Morgan fingerprint density at radius 3 is 2.70 bits per heavy atom. The van der Waals surface area contributed by atoms with Crippen molar-refractivity contribution in [2.24, 2.45) is 0 Å². The maximum absolute atomic E-state index is 12.2. The molecule has 1 atom stereocenters. The van der Waals surface area contributed by atoms with Crippen LogP contribution in [0.1, 0.15) is 50.7 Å². The normalized spacial score (nSPS) is 28.4. The van der Waals surface area contributed by atoms with Crippen LogP contribution in [0.2, 0.25) is 0 Å². The fourth-order valence-corrected chi connectivity index (χ4v) is 4.28. The molecular weight excluding hydrogens is 282 g/mol. The van der Waals surface area contributed by atoms with Crippen molar-refractivity contribution < 1.29 is 18.0 Å². The molecule has 1 saturated carbocycles. The minimum atomic E-state index is -3.27. The quantitative estimate of drug-likeness (QED) is 0.873. The summed E-state index contributed by atoms with van der Waals surface area (Å²) in [6.07, 6.45) is 1.73. The summed E-state index contributed by atoms with van der Waals surface area (Å²) in [7, 11) is -3.27. The Kier molecular flexibility index (Phi) is 3.15. The van der Waals surface area contributed by atoms with Crippen molar-refractivity contribution in [2.45, 2.75) is 49.9 Å². The Morgan fingerprint density at radius 2 is 2.15 bits per heavy atom. The average molecular weight is 301 g/mol. The molecule has 0 bridgehead atoms. The van der Waals surface area contributed by atoms with Gasteiger partial charge in [-0.2, -0.15) is 9.29 Å². The molecule has 2 heterocycles.